The lowest BCUT2D eigenvalue weighted by Crippen LogP contribution is -2.33. The highest BCUT2D eigenvalue weighted by atomic mass is 16.2. The van der Waals surface area contributed by atoms with Gasteiger partial charge in [0.2, 0.25) is 11.8 Å². The first-order valence-corrected chi connectivity index (χ1v) is 7.58. The average Bonchev–Trinajstić information content (AvgIpc) is 2.41. The Bertz CT molecular complexity index is 487. The van der Waals surface area contributed by atoms with E-state index in [-0.39, 0.29) is 18.4 Å². The molecule has 4 heteroatoms. The van der Waals surface area contributed by atoms with Crippen LogP contribution in [0.1, 0.15) is 49.3 Å². The van der Waals surface area contributed by atoms with Crippen LogP contribution >= 0.6 is 0 Å². The summed E-state index contributed by atoms with van der Waals surface area (Å²) >= 11 is 0. The van der Waals surface area contributed by atoms with Crippen molar-refractivity contribution in [1.82, 2.24) is 5.32 Å². The van der Waals surface area contributed by atoms with Gasteiger partial charge in [0, 0.05) is 12.1 Å². The molecule has 0 aliphatic rings. The van der Waals surface area contributed by atoms with Gasteiger partial charge in [0.25, 0.3) is 0 Å². The van der Waals surface area contributed by atoms with E-state index in [2.05, 4.69) is 17.6 Å². The van der Waals surface area contributed by atoms with Crippen molar-refractivity contribution in [2.24, 2.45) is 0 Å². The van der Waals surface area contributed by atoms with E-state index < -0.39 is 0 Å². The van der Waals surface area contributed by atoms with Crippen LogP contribution in [0.4, 0.5) is 5.69 Å². The van der Waals surface area contributed by atoms with Crippen molar-refractivity contribution in [1.29, 1.82) is 0 Å². The SMILES string of the molecule is CCCCCC(=O)NCC(=O)Nc1c(C)cc(C)cc1C. The molecule has 1 aromatic carbocycles. The number of amides is 2. The van der Waals surface area contributed by atoms with Gasteiger partial charge in [-0.1, -0.05) is 37.5 Å². The molecule has 0 aromatic heterocycles. The molecule has 116 valence electrons. The van der Waals surface area contributed by atoms with Gasteiger partial charge in [-0.05, 0) is 38.3 Å². The quantitative estimate of drug-likeness (QED) is 0.757. The molecule has 0 fully saturated rings. The van der Waals surface area contributed by atoms with E-state index in [1.54, 1.807) is 0 Å². The van der Waals surface area contributed by atoms with Crippen molar-refractivity contribution in [2.75, 3.05) is 11.9 Å². The zero-order valence-corrected chi connectivity index (χ0v) is 13.5. The summed E-state index contributed by atoms with van der Waals surface area (Å²) in [6, 6.07) is 4.07. The minimum atomic E-state index is -0.186. The summed E-state index contributed by atoms with van der Waals surface area (Å²) in [5.74, 6) is -0.246. The van der Waals surface area contributed by atoms with Gasteiger partial charge in [-0.3, -0.25) is 9.59 Å². The summed E-state index contributed by atoms with van der Waals surface area (Å²) in [6.07, 6.45) is 3.49. The maximum atomic E-state index is 11.9. The standard InChI is InChI=1S/C17H26N2O2/c1-5-6-7-8-15(20)18-11-16(21)19-17-13(3)9-12(2)10-14(17)4/h9-10H,5-8,11H2,1-4H3,(H,18,20)(H,19,21). The van der Waals surface area contributed by atoms with Crippen molar-refractivity contribution in [3.8, 4) is 0 Å². The van der Waals surface area contributed by atoms with Crippen LogP contribution in [0, 0.1) is 20.8 Å². The van der Waals surface area contributed by atoms with E-state index in [0.29, 0.717) is 6.42 Å². The molecular weight excluding hydrogens is 264 g/mol. The van der Waals surface area contributed by atoms with Crippen LogP contribution in [-0.2, 0) is 9.59 Å². The van der Waals surface area contributed by atoms with Gasteiger partial charge in [-0.15, -0.1) is 0 Å². The smallest absolute Gasteiger partial charge is 0.243 e. The van der Waals surface area contributed by atoms with Crippen molar-refractivity contribution >= 4 is 17.5 Å². The fourth-order valence-electron chi connectivity index (χ4n) is 2.36. The Morgan fingerprint density at radius 2 is 1.62 bits per heavy atom. The largest absolute Gasteiger partial charge is 0.347 e. The van der Waals surface area contributed by atoms with Crippen LogP contribution in [0.25, 0.3) is 0 Å². The topological polar surface area (TPSA) is 58.2 Å². The van der Waals surface area contributed by atoms with Crippen LogP contribution in [-0.4, -0.2) is 18.4 Å². The monoisotopic (exact) mass is 290 g/mol. The van der Waals surface area contributed by atoms with E-state index in [1.807, 2.05) is 32.9 Å². The van der Waals surface area contributed by atoms with Crippen LogP contribution in [0.3, 0.4) is 0 Å². The van der Waals surface area contributed by atoms with Gasteiger partial charge in [-0.25, -0.2) is 0 Å². The summed E-state index contributed by atoms with van der Waals surface area (Å²) in [7, 11) is 0. The number of hydrogen-bond acceptors (Lipinski definition) is 2. The van der Waals surface area contributed by atoms with E-state index in [9.17, 15) is 9.59 Å². The van der Waals surface area contributed by atoms with Gasteiger partial charge in [0.15, 0.2) is 0 Å². The molecule has 2 amide bonds. The highest BCUT2D eigenvalue weighted by Crippen LogP contribution is 2.21. The third-order valence-electron chi connectivity index (χ3n) is 3.39. The Labute approximate surface area is 127 Å². The minimum Gasteiger partial charge on any atom is -0.347 e. The maximum absolute atomic E-state index is 11.9. The van der Waals surface area contributed by atoms with E-state index in [1.165, 1.54) is 5.56 Å². The molecule has 21 heavy (non-hydrogen) atoms. The van der Waals surface area contributed by atoms with Crippen LogP contribution < -0.4 is 10.6 Å². The Hall–Kier alpha value is -1.84. The molecular formula is C17H26N2O2. The van der Waals surface area contributed by atoms with E-state index in [4.69, 9.17) is 0 Å². The van der Waals surface area contributed by atoms with Crippen molar-refractivity contribution in [2.45, 2.75) is 53.4 Å². The van der Waals surface area contributed by atoms with Crippen LogP contribution in [0.15, 0.2) is 12.1 Å². The molecule has 0 radical (unpaired) electrons. The Morgan fingerprint density at radius 1 is 1.00 bits per heavy atom. The third-order valence-corrected chi connectivity index (χ3v) is 3.39. The summed E-state index contributed by atoms with van der Waals surface area (Å²) in [4.78, 5) is 23.5. The zero-order chi connectivity index (χ0) is 15.8. The molecule has 4 nitrogen and oxygen atoms in total. The summed E-state index contributed by atoms with van der Waals surface area (Å²) in [6.45, 7) is 8.09. The fourth-order valence-corrected chi connectivity index (χ4v) is 2.36. The lowest BCUT2D eigenvalue weighted by atomic mass is 10.1. The second-order valence-corrected chi connectivity index (χ2v) is 5.56. The number of benzene rings is 1. The minimum absolute atomic E-state index is 0.0255. The number of carbonyl (C=O) groups is 2. The number of aryl methyl sites for hydroxylation is 3. The molecule has 1 rings (SSSR count). The number of hydrogen-bond donors (Lipinski definition) is 2. The molecule has 0 saturated heterocycles. The second kappa shape index (κ2) is 8.45. The predicted molar refractivity (Wildman–Crippen MR) is 86.4 cm³/mol. The highest BCUT2D eigenvalue weighted by molar-refractivity contribution is 5.95. The van der Waals surface area contributed by atoms with Crippen molar-refractivity contribution in [3.05, 3.63) is 28.8 Å². The van der Waals surface area contributed by atoms with Crippen LogP contribution in [0.2, 0.25) is 0 Å². The fraction of sp³-hybridized carbons (Fsp3) is 0.529. The highest BCUT2D eigenvalue weighted by Gasteiger charge is 2.09. The molecule has 1 aromatic rings. The molecule has 0 bridgehead atoms. The normalized spacial score (nSPS) is 10.3. The average molecular weight is 290 g/mol. The molecule has 2 N–H and O–H groups in total. The van der Waals surface area contributed by atoms with Gasteiger partial charge >= 0.3 is 0 Å². The third kappa shape index (κ3) is 5.98. The maximum Gasteiger partial charge on any atom is 0.243 e. The molecule has 0 heterocycles. The molecule has 0 aliphatic heterocycles. The lowest BCUT2D eigenvalue weighted by molar-refractivity contribution is -0.124. The Morgan fingerprint density at radius 3 is 2.19 bits per heavy atom. The first-order chi connectivity index (χ1) is 9.93. The first kappa shape index (κ1) is 17.2. The molecule has 0 aliphatic carbocycles. The summed E-state index contributed by atoms with van der Waals surface area (Å²) < 4.78 is 0. The summed E-state index contributed by atoms with van der Waals surface area (Å²) in [5, 5.41) is 5.54. The number of nitrogens with one attached hydrogen (secondary N) is 2. The first-order valence-electron chi connectivity index (χ1n) is 7.58. The molecule has 0 unspecified atom stereocenters. The molecule has 0 spiro atoms. The van der Waals surface area contributed by atoms with Gasteiger partial charge < -0.3 is 10.6 Å². The number of rotatable bonds is 7. The lowest BCUT2D eigenvalue weighted by Gasteiger charge is -2.13. The van der Waals surface area contributed by atoms with Crippen molar-refractivity contribution < 1.29 is 9.59 Å². The molecule has 0 saturated carbocycles. The second-order valence-electron chi connectivity index (χ2n) is 5.56. The predicted octanol–water partition coefficient (Wildman–Crippen LogP) is 3.25. The van der Waals surface area contributed by atoms with Gasteiger partial charge in [0.05, 0.1) is 6.54 Å². The van der Waals surface area contributed by atoms with E-state index in [0.717, 1.165) is 36.1 Å². The van der Waals surface area contributed by atoms with Gasteiger partial charge in [0.1, 0.15) is 0 Å². The zero-order valence-electron chi connectivity index (χ0n) is 13.5. The van der Waals surface area contributed by atoms with E-state index >= 15 is 0 Å². The summed E-state index contributed by atoms with van der Waals surface area (Å²) in [5.41, 5.74) is 4.09. The van der Waals surface area contributed by atoms with Gasteiger partial charge in [-0.2, -0.15) is 0 Å². The Kier molecular flexibility index (Phi) is 6.92. The number of unbranched alkanes of at least 4 members (excludes halogenated alkanes) is 2. The number of carbonyl (C=O) groups excluding carboxylic acids is 2. The van der Waals surface area contributed by atoms with Crippen molar-refractivity contribution in [3.63, 3.8) is 0 Å². The number of anilines is 1. The van der Waals surface area contributed by atoms with Crippen LogP contribution in [0.5, 0.6) is 0 Å². The molecule has 0 atom stereocenters. The Balaban J connectivity index is 2.46.